The third-order valence-electron chi connectivity index (χ3n) is 2.37. The molecular weight excluding hydrogens is 262 g/mol. The molecule has 2 rings (SSSR count). The van der Waals surface area contributed by atoms with Gasteiger partial charge in [0.2, 0.25) is 5.13 Å². The Balaban J connectivity index is 2.02. The summed E-state index contributed by atoms with van der Waals surface area (Å²) >= 11 is 1.38. The quantitative estimate of drug-likeness (QED) is 0.875. The molecule has 0 aliphatic rings. The Morgan fingerprint density at radius 2 is 2.16 bits per heavy atom. The van der Waals surface area contributed by atoms with E-state index >= 15 is 0 Å². The van der Waals surface area contributed by atoms with Crippen molar-refractivity contribution in [3.05, 3.63) is 28.9 Å². The maximum Gasteiger partial charge on any atom is 0.259 e. The molecular formula is C12H15N5OS. The number of aromatic nitrogens is 3. The summed E-state index contributed by atoms with van der Waals surface area (Å²) < 4.78 is 0. The van der Waals surface area contributed by atoms with E-state index in [1.807, 2.05) is 13.8 Å². The average molecular weight is 277 g/mol. The van der Waals surface area contributed by atoms with Gasteiger partial charge < -0.3 is 5.32 Å². The van der Waals surface area contributed by atoms with Crippen molar-refractivity contribution >= 4 is 28.2 Å². The molecule has 6 nitrogen and oxygen atoms in total. The lowest BCUT2D eigenvalue weighted by molar-refractivity contribution is 0.102. The zero-order valence-corrected chi connectivity index (χ0v) is 11.6. The molecule has 2 N–H and O–H groups in total. The van der Waals surface area contributed by atoms with Gasteiger partial charge >= 0.3 is 0 Å². The fourth-order valence-corrected chi connectivity index (χ4v) is 2.10. The number of carbonyl (C=O) groups excluding carboxylic acids is 1. The van der Waals surface area contributed by atoms with Crippen molar-refractivity contribution < 1.29 is 4.79 Å². The fourth-order valence-electron chi connectivity index (χ4n) is 1.43. The number of aryl methyl sites for hydroxylation is 1. The molecule has 0 spiro atoms. The molecule has 0 bridgehead atoms. The molecule has 2 aromatic heterocycles. The summed E-state index contributed by atoms with van der Waals surface area (Å²) in [5, 5.41) is 15.0. The second-order valence-electron chi connectivity index (χ2n) is 3.77. The van der Waals surface area contributed by atoms with Crippen molar-refractivity contribution in [3.63, 3.8) is 0 Å². The monoisotopic (exact) mass is 277 g/mol. The van der Waals surface area contributed by atoms with E-state index in [0.29, 0.717) is 10.7 Å². The van der Waals surface area contributed by atoms with Crippen molar-refractivity contribution in [2.24, 2.45) is 0 Å². The van der Waals surface area contributed by atoms with Gasteiger partial charge in [-0.15, -0.1) is 10.2 Å². The number of hydrogen-bond acceptors (Lipinski definition) is 6. The number of pyridine rings is 1. The fraction of sp³-hybridized carbons (Fsp3) is 0.333. The molecule has 0 fully saturated rings. The molecule has 19 heavy (non-hydrogen) atoms. The first-order valence-corrected chi connectivity index (χ1v) is 6.88. The second kappa shape index (κ2) is 6.24. The van der Waals surface area contributed by atoms with Crippen molar-refractivity contribution in [1.29, 1.82) is 0 Å². The topological polar surface area (TPSA) is 79.8 Å². The van der Waals surface area contributed by atoms with Crippen LogP contribution in [0.2, 0.25) is 0 Å². The number of anilines is 2. The van der Waals surface area contributed by atoms with Crippen LogP contribution in [0, 0.1) is 0 Å². The van der Waals surface area contributed by atoms with Gasteiger partial charge in [0.15, 0.2) is 0 Å². The normalized spacial score (nSPS) is 10.2. The third-order valence-corrected chi connectivity index (χ3v) is 3.36. The summed E-state index contributed by atoms with van der Waals surface area (Å²) in [6, 6.07) is 3.50. The van der Waals surface area contributed by atoms with Crippen LogP contribution in [0.4, 0.5) is 10.9 Å². The number of hydrogen-bond donors (Lipinski definition) is 2. The van der Waals surface area contributed by atoms with Crippen LogP contribution in [0.5, 0.6) is 0 Å². The smallest absolute Gasteiger partial charge is 0.259 e. The summed E-state index contributed by atoms with van der Waals surface area (Å²) in [4.78, 5) is 16.1. The summed E-state index contributed by atoms with van der Waals surface area (Å²) in [5.41, 5.74) is 0.495. The minimum Gasteiger partial charge on any atom is -0.370 e. The van der Waals surface area contributed by atoms with E-state index < -0.39 is 0 Å². The first-order valence-electron chi connectivity index (χ1n) is 6.06. The molecule has 1 amide bonds. The Hall–Kier alpha value is -2.02. The first kappa shape index (κ1) is 13.4. The molecule has 0 aromatic carbocycles. The molecule has 2 aromatic rings. The van der Waals surface area contributed by atoms with Crippen LogP contribution in [0.1, 0.15) is 29.2 Å². The molecule has 0 atom stereocenters. The van der Waals surface area contributed by atoms with E-state index in [2.05, 4.69) is 25.8 Å². The maximum atomic E-state index is 11.9. The number of rotatable bonds is 5. The highest BCUT2D eigenvalue weighted by Gasteiger charge is 2.10. The van der Waals surface area contributed by atoms with Gasteiger partial charge in [-0.1, -0.05) is 18.3 Å². The van der Waals surface area contributed by atoms with Crippen LogP contribution in [-0.2, 0) is 6.42 Å². The molecule has 0 unspecified atom stereocenters. The highest BCUT2D eigenvalue weighted by atomic mass is 32.1. The molecule has 0 aliphatic carbocycles. The van der Waals surface area contributed by atoms with Crippen LogP contribution in [0.15, 0.2) is 18.3 Å². The van der Waals surface area contributed by atoms with E-state index in [0.717, 1.165) is 23.8 Å². The standard InChI is InChI=1S/C12H15N5OS/c1-3-10-16-17-12(19-10)15-11(18)8-5-6-9(13-4-2)14-7-8/h5-7H,3-4H2,1-2H3,(H,13,14)(H,15,17,18). The Morgan fingerprint density at radius 1 is 1.32 bits per heavy atom. The lowest BCUT2D eigenvalue weighted by Gasteiger charge is -2.03. The summed E-state index contributed by atoms with van der Waals surface area (Å²) in [6.07, 6.45) is 2.35. The van der Waals surface area contributed by atoms with E-state index in [9.17, 15) is 4.79 Å². The van der Waals surface area contributed by atoms with Gasteiger partial charge in [-0.3, -0.25) is 10.1 Å². The molecule has 0 saturated carbocycles. The van der Waals surface area contributed by atoms with Gasteiger partial charge in [0.25, 0.3) is 5.91 Å². The van der Waals surface area contributed by atoms with Crippen molar-refractivity contribution in [3.8, 4) is 0 Å². The lowest BCUT2D eigenvalue weighted by atomic mass is 10.2. The third kappa shape index (κ3) is 3.47. The molecule has 0 radical (unpaired) electrons. The van der Waals surface area contributed by atoms with E-state index in [4.69, 9.17) is 0 Å². The summed E-state index contributed by atoms with van der Waals surface area (Å²) in [6.45, 7) is 4.78. The zero-order valence-electron chi connectivity index (χ0n) is 10.8. The minimum absolute atomic E-state index is 0.227. The number of carbonyl (C=O) groups is 1. The van der Waals surface area contributed by atoms with Gasteiger partial charge in [-0.05, 0) is 25.5 Å². The Bertz CT molecular complexity index is 552. The highest BCUT2D eigenvalue weighted by molar-refractivity contribution is 7.15. The van der Waals surface area contributed by atoms with Crippen molar-refractivity contribution in [1.82, 2.24) is 15.2 Å². The number of nitrogens with zero attached hydrogens (tertiary/aromatic N) is 3. The molecule has 2 heterocycles. The van der Waals surface area contributed by atoms with Gasteiger partial charge in [-0.2, -0.15) is 0 Å². The summed E-state index contributed by atoms with van der Waals surface area (Å²) in [5.74, 6) is 0.526. The largest absolute Gasteiger partial charge is 0.370 e. The predicted octanol–water partition coefficient (Wildman–Crippen LogP) is 2.18. The van der Waals surface area contributed by atoms with Crippen molar-refractivity contribution in [2.45, 2.75) is 20.3 Å². The predicted molar refractivity (Wildman–Crippen MR) is 75.6 cm³/mol. The van der Waals surface area contributed by atoms with Crippen LogP contribution in [-0.4, -0.2) is 27.6 Å². The van der Waals surface area contributed by atoms with Crippen LogP contribution < -0.4 is 10.6 Å². The first-order chi connectivity index (χ1) is 9.22. The van der Waals surface area contributed by atoms with E-state index in [-0.39, 0.29) is 5.91 Å². The number of nitrogens with one attached hydrogen (secondary N) is 2. The highest BCUT2D eigenvalue weighted by Crippen LogP contribution is 2.16. The van der Waals surface area contributed by atoms with Crippen LogP contribution in [0.25, 0.3) is 0 Å². The van der Waals surface area contributed by atoms with Gasteiger partial charge in [0.1, 0.15) is 10.8 Å². The average Bonchev–Trinajstić information content (AvgIpc) is 2.87. The maximum absolute atomic E-state index is 11.9. The molecule has 7 heteroatoms. The Morgan fingerprint density at radius 3 is 2.74 bits per heavy atom. The van der Waals surface area contributed by atoms with Gasteiger partial charge in [0, 0.05) is 12.7 Å². The Labute approximate surface area is 115 Å². The van der Waals surface area contributed by atoms with Gasteiger partial charge in [-0.25, -0.2) is 4.98 Å². The second-order valence-corrected chi connectivity index (χ2v) is 4.83. The minimum atomic E-state index is -0.227. The van der Waals surface area contributed by atoms with Gasteiger partial charge in [0.05, 0.1) is 5.56 Å². The summed E-state index contributed by atoms with van der Waals surface area (Å²) in [7, 11) is 0. The lowest BCUT2D eigenvalue weighted by Crippen LogP contribution is -2.12. The molecule has 100 valence electrons. The zero-order chi connectivity index (χ0) is 13.7. The van der Waals surface area contributed by atoms with Crippen LogP contribution >= 0.6 is 11.3 Å². The Kier molecular flexibility index (Phi) is 4.40. The molecule has 0 saturated heterocycles. The van der Waals surface area contributed by atoms with Crippen LogP contribution in [0.3, 0.4) is 0 Å². The SMILES string of the molecule is CCNc1ccc(C(=O)Nc2nnc(CC)s2)cn1. The number of amides is 1. The van der Waals surface area contributed by atoms with Crippen molar-refractivity contribution in [2.75, 3.05) is 17.2 Å². The van der Waals surface area contributed by atoms with E-state index in [1.165, 1.54) is 17.5 Å². The van der Waals surface area contributed by atoms with E-state index in [1.54, 1.807) is 12.1 Å². The molecule has 0 aliphatic heterocycles.